The van der Waals surface area contributed by atoms with E-state index in [1.54, 1.807) is 23.9 Å². The molecule has 8 nitrogen and oxygen atoms in total. The van der Waals surface area contributed by atoms with Gasteiger partial charge in [-0.15, -0.1) is 0 Å². The topological polar surface area (TPSA) is 79.5 Å². The first-order chi connectivity index (χ1) is 20.4. The number of aromatic nitrogens is 2. The fourth-order valence-corrected chi connectivity index (χ4v) is 6.32. The summed E-state index contributed by atoms with van der Waals surface area (Å²) in [6.07, 6.45) is 3.89. The minimum atomic E-state index is -0.389. The van der Waals surface area contributed by atoms with Gasteiger partial charge < -0.3 is 19.7 Å². The molecule has 0 bridgehead atoms. The quantitative estimate of drug-likeness (QED) is 0.115. The molecular weight excluding hydrogens is 565 g/mol. The molecule has 6 rings (SSSR count). The second kappa shape index (κ2) is 11.7. The zero-order chi connectivity index (χ0) is 29.2. The van der Waals surface area contributed by atoms with E-state index in [0.717, 1.165) is 38.2 Å². The minimum Gasteiger partial charge on any atom is -0.378 e. The van der Waals surface area contributed by atoms with Crippen molar-refractivity contribution in [3.63, 3.8) is 0 Å². The Balaban J connectivity index is 1.35. The van der Waals surface area contributed by atoms with Gasteiger partial charge in [0.1, 0.15) is 6.04 Å². The molecule has 0 spiro atoms. The number of nitro benzene ring substituents is 1. The number of non-ortho nitro benzene ring substituents is 1. The Morgan fingerprint density at radius 3 is 2.17 bits per heavy atom. The van der Waals surface area contributed by atoms with Crippen LogP contribution >= 0.6 is 24.0 Å². The third kappa shape index (κ3) is 5.46. The first-order valence-corrected chi connectivity index (χ1v) is 14.6. The van der Waals surface area contributed by atoms with Gasteiger partial charge in [-0.05, 0) is 97.1 Å². The first kappa shape index (κ1) is 27.5. The van der Waals surface area contributed by atoms with Crippen molar-refractivity contribution in [2.24, 2.45) is 0 Å². The molecule has 10 heteroatoms. The number of nitro groups is 1. The van der Waals surface area contributed by atoms with Gasteiger partial charge in [0.15, 0.2) is 5.11 Å². The summed E-state index contributed by atoms with van der Waals surface area (Å²) in [6.45, 7) is 0. The summed E-state index contributed by atoms with van der Waals surface area (Å²) in [5.41, 5.74) is 5.23. The molecule has 0 aliphatic carbocycles. The molecule has 3 heterocycles. The number of nitrogens with one attached hydrogen (secondary N) is 1. The van der Waals surface area contributed by atoms with Crippen LogP contribution < -0.4 is 15.1 Å². The predicted molar refractivity (Wildman–Crippen MR) is 172 cm³/mol. The van der Waals surface area contributed by atoms with Gasteiger partial charge in [0.25, 0.3) is 5.69 Å². The van der Waals surface area contributed by atoms with E-state index in [1.165, 1.54) is 12.1 Å². The highest BCUT2D eigenvalue weighted by atomic mass is 32.2. The van der Waals surface area contributed by atoms with Crippen LogP contribution in [0.3, 0.4) is 0 Å². The monoisotopic (exact) mass is 592 g/mol. The van der Waals surface area contributed by atoms with Gasteiger partial charge in [0.05, 0.1) is 16.7 Å². The Morgan fingerprint density at radius 1 is 0.881 bits per heavy atom. The average Bonchev–Trinajstić information content (AvgIpc) is 3.63. The maximum Gasteiger partial charge on any atom is 0.269 e. The highest BCUT2D eigenvalue weighted by Gasteiger charge is 2.42. The van der Waals surface area contributed by atoms with Crippen LogP contribution in [0, 0.1) is 10.1 Å². The molecule has 2 aromatic heterocycles. The number of hydrogen-bond acceptors (Lipinski definition) is 6. The molecule has 2 atom stereocenters. The lowest BCUT2D eigenvalue weighted by atomic mass is 10.0. The number of anilines is 2. The summed E-state index contributed by atoms with van der Waals surface area (Å²) in [5, 5.41) is 15.2. The molecular formula is C32H28N6O2S2. The normalized spacial score (nSPS) is 16.3. The van der Waals surface area contributed by atoms with Gasteiger partial charge in [-0.3, -0.25) is 15.1 Å². The van der Waals surface area contributed by atoms with Crippen molar-refractivity contribution in [1.29, 1.82) is 0 Å². The molecule has 0 radical (unpaired) electrons. The summed E-state index contributed by atoms with van der Waals surface area (Å²) < 4.78 is 2.21. The van der Waals surface area contributed by atoms with Crippen LogP contribution in [0.5, 0.6) is 0 Å². The van der Waals surface area contributed by atoms with E-state index < -0.39 is 0 Å². The van der Waals surface area contributed by atoms with Gasteiger partial charge in [-0.1, -0.05) is 17.8 Å². The van der Waals surface area contributed by atoms with E-state index in [2.05, 4.69) is 79.4 Å². The molecule has 210 valence electrons. The predicted octanol–water partition coefficient (Wildman–Crippen LogP) is 7.17. The highest BCUT2D eigenvalue weighted by molar-refractivity contribution is 7.99. The van der Waals surface area contributed by atoms with Gasteiger partial charge in [-0.25, -0.2) is 0 Å². The van der Waals surface area contributed by atoms with Crippen molar-refractivity contribution in [1.82, 2.24) is 14.9 Å². The van der Waals surface area contributed by atoms with Crippen LogP contribution in [-0.2, 0) is 0 Å². The van der Waals surface area contributed by atoms with Gasteiger partial charge >= 0.3 is 0 Å². The summed E-state index contributed by atoms with van der Waals surface area (Å²) in [6, 6.07) is 33.1. The third-order valence-electron chi connectivity index (χ3n) is 7.22. The molecule has 1 saturated heterocycles. The van der Waals surface area contributed by atoms with Gasteiger partial charge in [0, 0.05) is 71.2 Å². The van der Waals surface area contributed by atoms with Crippen LogP contribution in [0.15, 0.2) is 125 Å². The zero-order valence-corrected chi connectivity index (χ0v) is 24.6. The second-order valence-corrected chi connectivity index (χ2v) is 11.6. The Hall–Kier alpha value is -4.67. The zero-order valence-electron chi connectivity index (χ0n) is 23.0. The van der Waals surface area contributed by atoms with E-state index in [4.69, 9.17) is 12.2 Å². The van der Waals surface area contributed by atoms with E-state index in [0.29, 0.717) is 5.11 Å². The lowest BCUT2D eigenvalue weighted by Crippen LogP contribution is -2.30. The van der Waals surface area contributed by atoms with E-state index in [-0.39, 0.29) is 22.7 Å². The number of pyridine rings is 1. The maximum atomic E-state index is 11.0. The maximum absolute atomic E-state index is 11.0. The number of rotatable bonds is 8. The summed E-state index contributed by atoms with van der Waals surface area (Å²) in [7, 11) is 4.07. The molecule has 0 saturated carbocycles. The molecule has 1 aliphatic rings. The molecule has 1 fully saturated rings. The number of hydrogen-bond donors (Lipinski definition) is 1. The number of benzene rings is 3. The molecule has 3 aromatic carbocycles. The van der Waals surface area contributed by atoms with Gasteiger partial charge in [0.2, 0.25) is 0 Å². The molecule has 42 heavy (non-hydrogen) atoms. The number of nitrogens with zero attached hydrogens (tertiary/aromatic N) is 5. The van der Waals surface area contributed by atoms with Crippen molar-refractivity contribution in [3.8, 4) is 5.69 Å². The average molecular weight is 593 g/mol. The molecule has 1 N–H and O–H groups in total. The van der Waals surface area contributed by atoms with Crippen LogP contribution in [0.25, 0.3) is 5.69 Å². The van der Waals surface area contributed by atoms with Crippen LogP contribution in [-0.4, -0.2) is 33.7 Å². The highest BCUT2D eigenvalue weighted by Crippen LogP contribution is 2.43. The second-order valence-electron chi connectivity index (χ2n) is 10.1. The molecule has 5 aromatic rings. The fourth-order valence-electron chi connectivity index (χ4n) is 5.16. The van der Waals surface area contributed by atoms with Crippen molar-refractivity contribution in [2.75, 3.05) is 23.9 Å². The standard InChI is InChI=1S/C32H28N6O2S2/c1-35(2)22-8-10-23(11-9-22)36-21-5-7-29(36)31-30(28-6-3-4-20-33-28)34-32(41)37(31)24-12-16-26(17-13-24)42-27-18-14-25(15-19-27)38(39)40/h3-21,30-31H,1-2H3,(H,34,41)/t30-,31+/m1/s1. The Kier molecular flexibility index (Phi) is 7.64. The van der Waals surface area contributed by atoms with Crippen molar-refractivity contribution in [3.05, 3.63) is 137 Å². The van der Waals surface area contributed by atoms with E-state index in [9.17, 15) is 10.1 Å². The number of thiocarbonyl (C=S) groups is 1. The minimum absolute atomic E-state index is 0.0802. The summed E-state index contributed by atoms with van der Waals surface area (Å²) >= 11 is 7.49. The molecule has 1 aliphatic heterocycles. The largest absolute Gasteiger partial charge is 0.378 e. The van der Waals surface area contributed by atoms with Crippen LogP contribution in [0.2, 0.25) is 0 Å². The summed E-state index contributed by atoms with van der Waals surface area (Å²) in [4.78, 5) is 21.5. The lowest BCUT2D eigenvalue weighted by Gasteiger charge is -2.29. The Labute approximate surface area is 253 Å². The van der Waals surface area contributed by atoms with Crippen molar-refractivity contribution >= 4 is 46.2 Å². The first-order valence-electron chi connectivity index (χ1n) is 13.4. The van der Waals surface area contributed by atoms with E-state index in [1.807, 2.05) is 50.6 Å². The SMILES string of the molecule is CN(C)c1ccc(-n2cccc2[C@H]2[C@@H](c3ccccn3)NC(=S)N2c2ccc(Sc3ccc([N+](=O)[O-])cc3)cc2)cc1. The summed E-state index contributed by atoms with van der Waals surface area (Å²) in [5.74, 6) is 0. The van der Waals surface area contributed by atoms with Crippen LogP contribution in [0.4, 0.5) is 17.1 Å². The van der Waals surface area contributed by atoms with Crippen LogP contribution in [0.1, 0.15) is 23.5 Å². The molecule has 0 unspecified atom stereocenters. The Morgan fingerprint density at radius 2 is 1.55 bits per heavy atom. The van der Waals surface area contributed by atoms with Crippen molar-refractivity contribution < 1.29 is 4.92 Å². The molecule has 0 amide bonds. The fraction of sp³-hybridized carbons (Fsp3) is 0.125. The third-order valence-corrected chi connectivity index (χ3v) is 8.55. The van der Waals surface area contributed by atoms with Gasteiger partial charge in [-0.2, -0.15) is 0 Å². The lowest BCUT2D eigenvalue weighted by molar-refractivity contribution is -0.384. The Bertz CT molecular complexity index is 1710. The van der Waals surface area contributed by atoms with E-state index >= 15 is 0 Å². The smallest absolute Gasteiger partial charge is 0.269 e. The van der Waals surface area contributed by atoms with Crippen molar-refractivity contribution in [2.45, 2.75) is 21.9 Å².